The third-order valence-electron chi connectivity index (χ3n) is 2.57. The zero-order chi connectivity index (χ0) is 12.1. The number of rotatable bonds is 3. The lowest BCUT2D eigenvalue weighted by Gasteiger charge is -2.11. The summed E-state index contributed by atoms with van der Waals surface area (Å²) in [5, 5.41) is 5.44. The maximum Gasteiger partial charge on any atom is 0.104 e. The molecule has 0 aliphatic carbocycles. The molecule has 5 heteroatoms. The third-order valence-corrected chi connectivity index (χ3v) is 3.51. The molecule has 1 atom stereocenters. The molecule has 1 unspecified atom stereocenters. The van der Waals surface area contributed by atoms with Gasteiger partial charge in [-0.2, -0.15) is 0 Å². The molecular weight excluding hydrogens is 232 g/mol. The Bertz CT molecular complexity index is 408. The van der Waals surface area contributed by atoms with Gasteiger partial charge < -0.3 is 11.1 Å². The molecular formula is C12H18N4S. The summed E-state index contributed by atoms with van der Waals surface area (Å²) in [7, 11) is 0. The Morgan fingerprint density at radius 3 is 3.29 bits per heavy atom. The molecule has 0 amide bonds. The second kappa shape index (κ2) is 5.82. The van der Waals surface area contributed by atoms with Gasteiger partial charge in [0.2, 0.25) is 0 Å². The standard InChI is InChI=1S/C12H18N4S/c1-9-8-15-11(13)7-12(16-9)14-5-4-10-3-2-6-17-10/h2-3,6,9H,4-5,7-8H2,1H3,(H2,13,15)(H,14,16). The van der Waals surface area contributed by atoms with Gasteiger partial charge in [0.25, 0.3) is 0 Å². The first-order valence-electron chi connectivity index (χ1n) is 5.85. The molecule has 1 aromatic heterocycles. The van der Waals surface area contributed by atoms with Crippen LogP contribution < -0.4 is 11.1 Å². The maximum atomic E-state index is 5.78. The van der Waals surface area contributed by atoms with E-state index in [1.54, 1.807) is 11.3 Å². The van der Waals surface area contributed by atoms with Crippen molar-refractivity contribution in [1.82, 2.24) is 5.32 Å². The third kappa shape index (κ3) is 3.85. The number of aliphatic imine (C=N–C) groups is 2. The molecule has 0 fully saturated rings. The molecule has 0 saturated heterocycles. The highest BCUT2D eigenvalue weighted by Crippen LogP contribution is 2.09. The fourth-order valence-corrected chi connectivity index (χ4v) is 2.42. The van der Waals surface area contributed by atoms with Crippen LogP contribution in [0.4, 0.5) is 0 Å². The molecule has 4 nitrogen and oxygen atoms in total. The van der Waals surface area contributed by atoms with Gasteiger partial charge in [0, 0.05) is 23.9 Å². The fraction of sp³-hybridized carbons (Fsp3) is 0.500. The molecule has 1 aromatic rings. The first-order chi connectivity index (χ1) is 8.24. The van der Waals surface area contributed by atoms with Gasteiger partial charge >= 0.3 is 0 Å². The molecule has 3 N–H and O–H groups in total. The Labute approximate surface area is 106 Å². The van der Waals surface area contributed by atoms with E-state index in [1.807, 2.05) is 0 Å². The van der Waals surface area contributed by atoms with Crippen molar-refractivity contribution in [3.63, 3.8) is 0 Å². The molecule has 0 saturated carbocycles. The van der Waals surface area contributed by atoms with E-state index < -0.39 is 0 Å². The minimum atomic E-state index is 0.316. The van der Waals surface area contributed by atoms with Gasteiger partial charge in [-0.25, -0.2) is 0 Å². The number of nitrogens with two attached hydrogens (primary N) is 1. The normalized spacial score (nSPS) is 23.0. The number of nitrogens with zero attached hydrogens (tertiary/aromatic N) is 2. The SMILES string of the molecule is CC1CN=C(N)CC(=NCCc2cccs2)N1. The molecule has 1 aliphatic rings. The Kier molecular flexibility index (Phi) is 4.14. The topological polar surface area (TPSA) is 62.8 Å². The van der Waals surface area contributed by atoms with Gasteiger partial charge in [-0.1, -0.05) is 6.07 Å². The Morgan fingerprint density at radius 2 is 2.53 bits per heavy atom. The first kappa shape index (κ1) is 12.1. The molecule has 1 aliphatic heterocycles. The van der Waals surface area contributed by atoms with Gasteiger partial charge in [-0.3, -0.25) is 9.98 Å². The van der Waals surface area contributed by atoms with Crippen molar-refractivity contribution < 1.29 is 0 Å². The minimum Gasteiger partial charge on any atom is -0.387 e. The molecule has 0 bridgehead atoms. The van der Waals surface area contributed by atoms with Crippen LogP contribution >= 0.6 is 11.3 Å². The Hall–Kier alpha value is -1.36. The van der Waals surface area contributed by atoms with Crippen LogP contribution in [0.3, 0.4) is 0 Å². The van der Waals surface area contributed by atoms with Crippen LogP contribution in [0.1, 0.15) is 18.2 Å². The van der Waals surface area contributed by atoms with Gasteiger partial charge in [0.1, 0.15) is 11.7 Å². The molecule has 0 aromatic carbocycles. The monoisotopic (exact) mass is 250 g/mol. The molecule has 2 heterocycles. The predicted octanol–water partition coefficient (Wildman–Crippen LogP) is 1.43. The second-order valence-electron chi connectivity index (χ2n) is 4.21. The number of hydrogen-bond acceptors (Lipinski definition) is 4. The predicted molar refractivity (Wildman–Crippen MR) is 74.0 cm³/mol. The lowest BCUT2D eigenvalue weighted by Crippen LogP contribution is -2.34. The van der Waals surface area contributed by atoms with Gasteiger partial charge in [-0.15, -0.1) is 11.3 Å². The lowest BCUT2D eigenvalue weighted by molar-refractivity contribution is 0.677. The summed E-state index contributed by atoms with van der Waals surface area (Å²) in [6.45, 7) is 3.63. The lowest BCUT2D eigenvalue weighted by atomic mass is 10.3. The summed E-state index contributed by atoms with van der Waals surface area (Å²) in [5.74, 6) is 1.64. The van der Waals surface area contributed by atoms with Gasteiger partial charge in [0.05, 0.1) is 13.0 Å². The van der Waals surface area contributed by atoms with Gasteiger partial charge in [-0.05, 0) is 18.4 Å². The van der Waals surface area contributed by atoms with Crippen LogP contribution in [0, 0.1) is 0 Å². The second-order valence-corrected chi connectivity index (χ2v) is 5.24. The molecule has 17 heavy (non-hydrogen) atoms. The van der Waals surface area contributed by atoms with E-state index >= 15 is 0 Å². The summed E-state index contributed by atoms with van der Waals surface area (Å²) in [6.07, 6.45) is 1.64. The summed E-state index contributed by atoms with van der Waals surface area (Å²) >= 11 is 1.78. The molecule has 2 rings (SSSR count). The van der Waals surface area contributed by atoms with Crippen molar-refractivity contribution in [1.29, 1.82) is 0 Å². The van der Waals surface area contributed by atoms with Crippen molar-refractivity contribution in [3.05, 3.63) is 22.4 Å². The minimum absolute atomic E-state index is 0.316. The molecule has 0 radical (unpaired) electrons. The quantitative estimate of drug-likeness (QED) is 0.852. The van der Waals surface area contributed by atoms with E-state index in [0.29, 0.717) is 18.3 Å². The van der Waals surface area contributed by atoms with E-state index in [-0.39, 0.29) is 0 Å². The highest BCUT2D eigenvalue weighted by Gasteiger charge is 2.11. The van der Waals surface area contributed by atoms with Crippen LogP contribution in [0.5, 0.6) is 0 Å². The summed E-state index contributed by atoms with van der Waals surface area (Å²) in [5.41, 5.74) is 5.78. The van der Waals surface area contributed by atoms with E-state index in [9.17, 15) is 0 Å². The highest BCUT2D eigenvalue weighted by atomic mass is 32.1. The first-order valence-corrected chi connectivity index (χ1v) is 6.73. The zero-order valence-corrected chi connectivity index (χ0v) is 10.8. The van der Waals surface area contributed by atoms with Crippen molar-refractivity contribution >= 4 is 23.0 Å². The molecule has 0 spiro atoms. The number of hydrogen-bond donors (Lipinski definition) is 2. The number of thiophene rings is 1. The van der Waals surface area contributed by atoms with E-state index in [2.05, 4.69) is 39.7 Å². The van der Waals surface area contributed by atoms with Crippen molar-refractivity contribution in [2.24, 2.45) is 15.7 Å². The van der Waals surface area contributed by atoms with E-state index in [1.165, 1.54) is 4.88 Å². The zero-order valence-electron chi connectivity index (χ0n) is 10.0. The average Bonchev–Trinajstić information content (AvgIpc) is 2.73. The Morgan fingerprint density at radius 1 is 1.65 bits per heavy atom. The average molecular weight is 250 g/mol. The Balaban J connectivity index is 1.89. The van der Waals surface area contributed by atoms with Crippen molar-refractivity contribution in [2.75, 3.05) is 13.1 Å². The van der Waals surface area contributed by atoms with E-state index in [0.717, 1.165) is 25.3 Å². The summed E-state index contributed by atoms with van der Waals surface area (Å²) < 4.78 is 0. The summed E-state index contributed by atoms with van der Waals surface area (Å²) in [4.78, 5) is 10.2. The largest absolute Gasteiger partial charge is 0.387 e. The fourth-order valence-electron chi connectivity index (χ4n) is 1.72. The van der Waals surface area contributed by atoms with Crippen molar-refractivity contribution in [3.8, 4) is 0 Å². The molecule has 92 valence electrons. The van der Waals surface area contributed by atoms with Crippen LogP contribution in [-0.4, -0.2) is 30.8 Å². The summed E-state index contributed by atoms with van der Waals surface area (Å²) in [6, 6.07) is 4.53. The van der Waals surface area contributed by atoms with Gasteiger partial charge in [0.15, 0.2) is 0 Å². The van der Waals surface area contributed by atoms with Crippen LogP contribution in [-0.2, 0) is 6.42 Å². The van der Waals surface area contributed by atoms with E-state index in [4.69, 9.17) is 5.73 Å². The maximum absolute atomic E-state index is 5.78. The highest BCUT2D eigenvalue weighted by molar-refractivity contribution is 7.09. The number of amidine groups is 2. The van der Waals surface area contributed by atoms with Crippen LogP contribution in [0.15, 0.2) is 27.5 Å². The smallest absolute Gasteiger partial charge is 0.104 e. The van der Waals surface area contributed by atoms with Crippen LogP contribution in [0.2, 0.25) is 0 Å². The van der Waals surface area contributed by atoms with Crippen LogP contribution in [0.25, 0.3) is 0 Å². The van der Waals surface area contributed by atoms with Crippen molar-refractivity contribution in [2.45, 2.75) is 25.8 Å². The number of nitrogens with one attached hydrogen (secondary N) is 1.